The molecule has 0 saturated carbocycles. The number of likely N-dealkylation sites (tertiary alicyclic amines) is 1. The molecule has 2 aliphatic heterocycles. The highest BCUT2D eigenvalue weighted by Crippen LogP contribution is 2.23. The molecule has 100 valence electrons. The molecule has 0 aliphatic carbocycles. The number of nitrogens with zero attached hydrogens (tertiary/aromatic N) is 1. The summed E-state index contributed by atoms with van der Waals surface area (Å²) in [5.41, 5.74) is 0. The first-order chi connectivity index (χ1) is 8.16. The summed E-state index contributed by atoms with van der Waals surface area (Å²) >= 11 is 0. The average molecular weight is 243 g/mol. The van der Waals surface area contributed by atoms with Crippen LogP contribution in [0, 0.1) is 11.8 Å². The predicted molar refractivity (Wildman–Crippen MR) is 65.8 cm³/mol. The molecule has 0 spiro atoms. The van der Waals surface area contributed by atoms with Crippen molar-refractivity contribution in [1.29, 1.82) is 0 Å². The summed E-state index contributed by atoms with van der Waals surface area (Å²) < 4.78 is 5.43. The topological polar surface area (TPSA) is 52.9 Å². The maximum Gasteiger partial charge on any atom is 0.0624 e. The van der Waals surface area contributed by atoms with Crippen molar-refractivity contribution >= 4 is 0 Å². The Morgan fingerprint density at radius 3 is 2.59 bits per heavy atom. The molecule has 2 fully saturated rings. The molecule has 17 heavy (non-hydrogen) atoms. The Morgan fingerprint density at radius 2 is 2.00 bits per heavy atom. The van der Waals surface area contributed by atoms with Gasteiger partial charge in [0.05, 0.1) is 18.8 Å². The van der Waals surface area contributed by atoms with Crippen molar-refractivity contribution in [3.05, 3.63) is 0 Å². The summed E-state index contributed by atoms with van der Waals surface area (Å²) in [5.74, 6) is 0.727. The largest absolute Gasteiger partial charge is 0.393 e. The van der Waals surface area contributed by atoms with Gasteiger partial charge in [-0.1, -0.05) is 0 Å². The first-order valence-electron chi connectivity index (χ1n) is 6.83. The van der Waals surface area contributed by atoms with Crippen molar-refractivity contribution in [1.82, 2.24) is 4.90 Å². The summed E-state index contributed by atoms with van der Waals surface area (Å²) in [4.78, 5) is 2.40. The molecule has 2 heterocycles. The molecule has 4 nitrogen and oxygen atoms in total. The zero-order chi connectivity index (χ0) is 12.3. The average Bonchev–Trinajstić information content (AvgIpc) is 2.33. The van der Waals surface area contributed by atoms with Crippen LogP contribution in [-0.4, -0.2) is 60.2 Å². The summed E-state index contributed by atoms with van der Waals surface area (Å²) in [7, 11) is 0. The fourth-order valence-corrected chi connectivity index (χ4v) is 2.91. The highest BCUT2D eigenvalue weighted by atomic mass is 16.5. The summed E-state index contributed by atoms with van der Waals surface area (Å²) in [6.07, 6.45) is 2.54. The minimum Gasteiger partial charge on any atom is -0.393 e. The lowest BCUT2D eigenvalue weighted by molar-refractivity contribution is -0.0510. The van der Waals surface area contributed by atoms with Gasteiger partial charge in [-0.2, -0.15) is 0 Å². The van der Waals surface area contributed by atoms with Crippen LogP contribution >= 0.6 is 0 Å². The Hall–Kier alpha value is -0.160. The maximum absolute atomic E-state index is 9.89. The van der Waals surface area contributed by atoms with Crippen LogP contribution in [0.15, 0.2) is 0 Å². The number of hydrogen-bond acceptors (Lipinski definition) is 4. The normalized spacial score (nSPS) is 34.8. The molecule has 3 unspecified atom stereocenters. The molecule has 0 radical (unpaired) electrons. The van der Waals surface area contributed by atoms with E-state index in [-0.39, 0.29) is 18.1 Å². The van der Waals surface area contributed by atoms with Crippen LogP contribution in [0.3, 0.4) is 0 Å². The van der Waals surface area contributed by atoms with Crippen LogP contribution in [-0.2, 0) is 4.74 Å². The molecule has 4 heteroatoms. The quantitative estimate of drug-likeness (QED) is 0.757. The molecular formula is C13H25NO3. The van der Waals surface area contributed by atoms with E-state index < -0.39 is 0 Å². The summed E-state index contributed by atoms with van der Waals surface area (Å²) in [5, 5.41) is 19.4. The lowest BCUT2D eigenvalue weighted by atomic mass is 9.90. The number of ether oxygens (including phenoxy) is 1. The Morgan fingerprint density at radius 1 is 1.29 bits per heavy atom. The molecule has 3 atom stereocenters. The van der Waals surface area contributed by atoms with Crippen molar-refractivity contribution in [2.45, 2.75) is 38.4 Å². The van der Waals surface area contributed by atoms with Crippen LogP contribution in [0.25, 0.3) is 0 Å². The molecule has 2 N–H and O–H groups in total. The SMILES string of the molecule is CC(O)C1CCN(CC2COCCC2O)CC1. The Kier molecular flexibility index (Phi) is 4.79. The second kappa shape index (κ2) is 6.14. The van der Waals surface area contributed by atoms with Gasteiger partial charge in [0, 0.05) is 19.1 Å². The standard InChI is InChI=1S/C13H25NO3/c1-10(15)11-2-5-14(6-3-11)8-12-9-17-7-4-13(12)16/h10-13,15-16H,2-9H2,1H3. The van der Waals surface area contributed by atoms with Gasteiger partial charge in [-0.3, -0.25) is 0 Å². The Labute approximate surface area is 104 Å². The van der Waals surface area contributed by atoms with Gasteiger partial charge in [0.15, 0.2) is 0 Å². The molecule has 2 rings (SSSR count). The highest BCUT2D eigenvalue weighted by Gasteiger charge is 2.28. The van der Waals surface area contributed by atoms with E-state index >= 15 is 0 Å². The van der Waals surface area contributed by atoms with Crippen molar-refractivity contribution in [2.24, 2.45) is 11.8 Å². The van der Waals surface area contributed by atoms with E-state index in [1.807, 2.05) is 6.92 Å². The second-order valence-corrected chi connectivity index (χ2v) is 5.57. The van der Waals surface area contributed by atoms with E-state index in [9.17, 15) is 10.2 Å². The van der Waals surface area contributed by atoms with E-state index in [1.165, 1.54) is 0 Å². The van der Waals surface area contributed by atoms with Crippen LogP contribution in [0.2, 0.25) is 0 Å². The van der Waals surface area contributed by atoms with Gasteiger partial charge in [0.1, 0.15) is 0 Å². The van der Waals surface area contributed by atoms with Gasteiger partial charge in [-0.15, -0.1) is 0 Å². The molecular weight excluding hydrogens is 218 g/mol. The van der Waals surface area contributed by atoms with Crippen LogP contribution in [0.1, 0.15) is 26.2 Å². The van der Waals surface area contributed by atoms with Gasteiger partial charge in [-0.25, -0.2) is 0 Å². The van der Waals surface area contributed by atoms with E-state index in [0.717, 1.165) is 38.9 Å². The molecule has 2 saturated heterocycles. The number of piperidine rings is 1. The third kappa shape index (κ3) is 3.65. The van der Waals surface area contributed by atoms with Gasteiger partial charge in [0.2, 0.25) is 0 Å². The Balaban J connectivity index is 1.73. The van der Waals surface area contributed by atoms with Gasteiger partial charge in [0.25, 0.3) is 0 Å². The fraction of sp³-hybridized carbons (Fsp3) is 1.00. The number of hydrogen-bond donors (Lipinski definition) is 2. The number of rotatable bonds is 3. The van der Waals surface area contributed by atoms with Gasteiger partial charge >= 0.3 is 0 Å². The zero-order valence-electron chi connectivity index (χ0n) is 10.7. The van der Waals surface area contributed by atoms with Gasteiger partial charge in [-0.05, 0) is 45.2 Å². The van der Waals surface area contributed by atoms with Crippen LogP contribution < -0.4 is 0 Å². The number of aliphatic hydroxyl groups is 2. The molecule has 2 aliphatic rings. The minimum atomic E-state index is -0.196. The van der Waals surface area contributed by atoms with Crippen LogP contribution in [0.4, 0.5) is 0 Å². The predicted octanol–water partition coefficient (Wildman–Crippen LogP) is 0.477. The van der Waals surface area contributed by atoms with Gasteiger partial charge < -0.3 is 19.8 Å². The third-order valence-electron chi connectivity index (χ3n) is 4.24. The van der Waals surface area contributed by atoms with E-state index in [1.54, 1.807) is 0 Å². The van der Waals surface area contributed by atoms with E-state index in [4.69, 9.17) is 4.74 Å². The lowest BCUT2D eigenvalue weighted by Gasteiger charge is -2.37. The van der Waals surface area contributed by atoms with Crippen LogP contribution in [0.5, 0.6) is 0 Å². The second-order valence-electron chi connectivity index (χ2n) is 5.57. The summed E-state index contributed by atoms with van der Waals surface area (Å²) in [6, 6.07) is 0. The van der Waals surface area contributed by atoms with Crippen molar-refractivity contribution in [3.63, 3.8) is 0 Å². The van der Waals surface area contributed by atoms with Crippen molar-refractivity contribution < 1.29 is 14.9 Å². The Bertz CT molecular complexity index is 227. The first kappa shape index (κ1) is 13.3. The highest BCUT2D eigenvalue weighted by molar-refractivity contribution is 4.80. The lowest BCUT2D eigenvalue weighted by Crippen LogP contribution is -2.44. The smallest absolute Gasteiger partial charge is 0.0624 e. The van der Waals surface area contributed by atoms with Crippen molar-refractivity contribution in [3.8, 4) is 0 Å². The molecule has 0 bridgehead atoms. The monoisotopic (exact) mass is 243 g/mol. The summed E-state index contributed by atoms with van der Waals surface area (Å²) in [6.45, 7) is 6.30. The zero-order valence-corrected chi connectivity index (χ0v) is 10.7. The minimum absolute atomic E-state index is 0.180. The maximum atomic E-state index is 9.89. The first-order valence-corrected chi connectivity index (χ1v) is 6.83. The molecule has 0 amide bonds. The third-order valence-corrected chi connectivity index (χ3v) is 4.24. The van der Waals surface area contributed by atoms with E-state index in [0.29, 0.717) is 19.1 Å². The fourth-order valence-electron chi connectivity index (χ4n) is 2.91. The molecule has 0 aromatic rings. The molecule has 0 aromatic carbocycles. The van der Waals surface area contributed by atoms with E-state index in [2.05, 4.69) is 4.90 Å². The number of aliphatic hydroxyl groups excluding tert-OH is 2. The van der Waals surface area contributed by atoms with Crippen molar-refractivity contribution in [2.75, 3.05) is 32.8 Å². The molecule has 0 aromatic heterocycles.